The molecule has 1 aromatic rings. The molecule has 0 bridgehead atoms. The third-order valence-corrected chi connectivity index (χ3v) is 2.71. The van der Waals surface area contributed by atoms with E-state index in [1.165, 1.54) is 12.1 Å². The van der Waals surface area contributed by atoms with Gasteiger partial charge in [0.15, 0.2) is 0 Å². The minimum atomic E-state index is -0.283. The van der Waals surface area contributed by atoms with E-state index >= 15 is 0 Å². The summed E-state index contributed by atoms with van der Waals surface area (Å²) in [6, 6.07) is 4.80. The van der Waals surface area contributed by atoms with E-state index in [4.69, 9.17) is 11.6 Å². The molecule has 1 aromatic carbocycles. The molecule has 0 fully saturated rings. The molecular formula is C12H17ClFN. The number of hydrogen-bond acceptors (Lipinski definition) is 1. The van der Waals surface area contributed by atoms with Crippen LogP contribution in [-0.2, 0) is 0 Å². The summed E-state index contributed by atoms with van der Waals surface area (Å²) in [6.07, 6.45) is 2.03. The average Bonchev–Trinajstić information content (AvgIpc) is 2.21. The molecule has 0 amide bonds. The van der Waals surface area contributed by atoms with E-state index in [2.05, 4.69) is 19.2 Å². The fourth-order valence-corrected chi connectivity index (χ4v) is 1.88. The highest BCUT2D eigenvalue weighted by Gasteiger charge is 2.12. The van der Waals surface area contributed by atoms with Crippen molar-refractivity contribution in [1.29, 1.82) is 0 Å². The number of rotatable bonds is 5. The minimum Gasteiger partial charge on any atom is -0.310 e. The maximum atomic E-state index is 12.9. The molecule has 0 aliphatic carbocycles. The smallest absolute Gasteiger partial charge is 0.124 e. The summed E-state index contributed by atoms with van der Waals surface area (Å²) in [5.74, 6) is -0.283. The molecule has 0 saturated carbocycles. The second kappa shape index (κ2) is 6.09. The lowest BCUT2D eigenvalue weighted by atomic mass is 10.0. The molecule has 84 valence electrons. The van der Waals surface area contributed by atoms with Crippen LogP contribution >= 0.6 is 11.6 Å². The summed E-state index contributed by atoms with van der Waals surface area (Å²) in [5.41, 5.74) is 0.981. The van der Waals surface area contributed by atoms with Gasteiger partial charge in [-0.3, -0.25) is 0 Å². The molecule has 0 spiro atoms. The lowest BCUT2D eigenvalue weighted by molar-refractivity contribution is 0.517. The van der Waals surface area contributed by atoms with Gasteiger partial charge in [0.25, 0.3) is 0 Å². The Labute approximate surface area is 95.6 Å². The van der Waals surface area contributed by atoms with Gasteiger partial charge in [0.1, 0.15) is 5.82 Å². The molecule has 0 heterocycles. The normalized spacial score (nSPS) is 12.8. The van der Waals surface area contributed by atoms with Crippen molar-refractivity contribution >= 4 is 11.6 Å². The molecule has 1 N–H and O–H groups in total. The van der Waals surface area contributed by atoms with Crippen LogP contribution in [0.1, 0.15) is 38.3 Å². The molecule has 1 rings (SSSR count). The van der Waals surface area contributed by atoms with Crippen molar-refractivity contribution in [1.82, 2.24) is 5.32 Å². The van der Waals surface area contributed by atoms with Gasteiger partial charge in [0, 0.05) is 11.1 Å². The van der Waals surface area contributed by atoms with Crippen molar-refractivity contribution in [3.63, 3.8) is 0 Å². The standard InChI is InChI=1S/C12H17ClFN/c1-3-7-15-12(4-2)10-6-5-9(14)8-11(10)13/h5-6,8,12,15H,3-4,7H2,1-2H3. The van der Waals surface area contributed by atoms with Gasteiger partial charge >= 0.3 is 0 Å². The fraction of sp³-hybridized carbons (Fsp3) is 0.500. The zero-order chi connectivity index (χ0) is 11.3. The molecule has 0 aliphatic rings. The molecule has 3 heteroatoms. The Morgan fingerprint density at radius 2 is 2.13 bits per heavy atom. The molecule has 1 unspecified atom stereocenters. The second-order valence-electron chi connectivity index (χ2n) is 3.58. The first-order chi connectivity index (χ1) is 7.19. The van der Waals surface area contributed by atoms with Crippen LogP contribution in [0.5, 0.6) is 0 Å². The first-order valence-corrected chi connectivity index (χ1v) is 5.75. The van der Waals surface area contributed by atoms with Crippen LogP contribution in [0.2, 0.25) is 5.02 Å². The van der Waals surface area contributed by atoms with Gasteiger partial charge in [0.05, 0.1) is 0 Å². The van der Waals surface area contributed by atoms with Crippen molar-refractivity contribution in [3.05, 3.63) is 34.6 Å². The van der Waals surface area contributed by atoms with E-state index in [1.54, 1.807) is 6.07 Å². The summed E-state index contributed by atoms with van der Waals surface area (Å²) >= 11 is 6.00. The van der Waals surface area contributed by atoms with Crippen LogP contribution in [0.3, 0.4) is 0 Å². The Hall–Kier alpha value is -0.600. The summed E-state index contributed by atoms with van der Waals surface area (Å²) in [7, 11) is 0. The van der Waals surface area contributed by atoms with Gasteiger partial charge in [-0.15, -0.1) is 0 Å². The van der Waals surface area contributed by atoms with Gasteiger partial charge in [0.2, 0.25) is 0 Å². The number of nitrogens with one attached hydrogen (secondary N) is 1. The third-order valence-electron chi connectivity index (χ3n) is 2.39. The Morgan fingerprint density at radius 1 is 1.40 bits per heavy atom. The predicted molar refractivity (Wildman–Crippen MR) is 62.7 cm³/mol. The van der Waals surface area contributed by atoms with Gasteiger partial charge in [-0.25, -0.2) is 4.39 Å². The van der Waals surface area contributed by atoms with E-state index in [0.29, 0.717) is 5.02 Å². The van der Waals surface area contributed by atoms with Crippen LogP contribution in [0.15, 0.2) is 18.2 Å². The number of benzene rings is 1. The molecule has 15 heavy (non-hydrogen) atoms. The molecule has 0 saturated heterocycles. The van der Waals surface area contributed by atoms with Crippen molar-refractivity contribution in [2.45, 2.75) is 32.7 Å². The van der Waals surface area contributed by atoms with Crippen molar-refractivity contribution in [3.8, 4) is 0 Å². The highest BCUT2D eigenvalue weighted by atomic mass is 35.5. The Morgan fingerprint density at radius 3 is 2.67 bits per heavy atom. The SMILES string of the molecule is CCCNC(CC)c1ccc(F)cc1Cl. The summed E-state index contributed by atoms with van der Waals surface area (Å²) in [5, 5.41) is 3.89. The first-order valence-electron chi connectivity index (χ1n) is 5.37. The molecule has 0 aliphatic heterocycles. The predicted octanol–water partition coefficient (Wildman–Crippen LogP) is 3.93. The molecule has 0 aromatic heterocycles. The minimum absolute atomic E-state index is 0.220. The monoisotopic (exact) mass is 229 g/mol. The lowest BCUT2D eigenvalue weighted by Gasteiger charge is -2.18. The van der Waals surface area contributed by atoms with E-state index in [1.807, 2.05) is 0 Å². The van der Waals surface area contributed by atoms with E-state index in [9.17, 15) is 4.39 Å². The van der Waals surface area contributed by atoms with Gasteiger partial charge in [-0.2, -0.15) is 0 Å². The molecule has 0 radical (unpaired) electrons. The van der Waals surface area contributed by atoms with Gasteiger partial charge in [-0.05, 0) is 37.1 Å². The van der Waals surface area contributed by atoms with Gasteiger partial charge in [-0.1, -0.05) is 31.5 Å². The quantitative estimate of drug-likeness (QED) is 0.807. The summed E-state index contributed by atoms with van der Waals surface area (Å²) in [4.78, 5) is 0. The maximum Gasteiger partial charge on any atom is 0.124 e. The molecule has 1 nitrogen and oxygen atoms in total. The largest absolute Gasteiger partial charge is 0.310 e. The van der Waals surface area contributed by atoms with Crippen LogP contribution in [0, 0.1) is 5.82 Å². The Kier molecular flexibility index (Phi) is 5.06. The first kappa shape index (κ1) is 12.5. The van der Waals surface area contributed by atoms with Crippen LogP contribution in [-0.4, -0.2) is 6.54 Å². The van der Waals surface area contributed by atoms with Gasteiger partial charge < -0.3 is 5.32 Å². The van der Waals surface area contributed by atoms with E-state index < -0.39 is 0 Å². The summed E-state index contributed by atoms with van der Waals surface area (Å²) in [6.45, 7) is 5.16. The average molecular weight is 230 g/mol. The number of halogens is 2. The lowest BCUT2D eigenvalue weighted by Crippen LogP contribution is -2.21. The van der Waals surface area contributed by atoms with Crippen molar-refractivity contribution < 1.29 is 4.39 Å². The molecule has 1 atom stereocenters. The van der Waals surface area contributed by atoms with E-state index in [0.717, 1.165) is 24.9 Å². The molecular weight excluding hydrogens is 213 g/mol. The maximum absolute atomic E-state index is 12.9. The highest BCUT2D eigenvalue weighted by Crippen LogP contribution is 2.25. The summed E-state index contributed by atoms with van der Waals surface area (Å²) < 4.78 is 12.9. The van der Waals surface area contributed by atoms with Crippen molar-refractivity contribution in [2.24, 2.45) is 0 Å². The third kappa shape index (κ3) is 3.47. The van der Waals surface area contributed by atoms with E-state index in [-0.39, 0.29) is 11.9 Å². The van der Waals surface area contributed by atoms with Crippen LogP contribution in [0.25, 0.3) is 0 Å². The zero-order valence-electron chi connectivity index (χ0n) is 9.19. The van der Waals surface area contributed by atoms with Crippen LogP contribution < -0.4 is 5.32 Å². The topological polar surface area (TPSA) is 12.0 Å². The highest BCUT2D eigenvalue weighted by molar-refractivity contribution is 6.31. The zero-order valence-corrected chi connectivity index (χ0v) is 9.94. The second-order valence-corrected chi connectivity index (χ2v) is 3.99. The Balaban J connectivity index is 2.81. The fourth-order valence-electron chi connectivity index (χ4n) is 1.58. The van der Waals surface area contributed by atoms with Crippen LogP contribution in [0.4, 0.5) is 4.39 Å². The number of hydrogen-bond donors (Lipinski definition) is 1. The van der Waals surface area contributed by atoms with Crippen molar-refractivity contribution in [2.75, 3.05) is 6.54 Å². The Bertz CT molecular complexity index is 314.